The second-order valence-corrected chi connectivity index (χ2v) is 13.0. The third-order valence-electron chi connectivity index (χ3n) is 9.12. The normalized spacial score (nSPS) is 17.1. The molecule has 9 nitrogen and oxygen atoms in total. The van der Waals surface area contributed by atoms with E-state index >= 15 is 0 Å². The Balaban J connectivity index is -0.000000296. The number of nitrogens with one attached hydrogen (secondary N) is 3. The van der Waals surface area contributed by atoms with Crippen molar-refractivity contribution in [2.45, 2.75) is 192 Å². The highest BCUT2D eigenvalue weighted by atomic mass is 16.2. The minimum absolute atomic E-state index is 0.0550. The van der Waals surface area contributed by atoms with Crippen LogP contribution < -0.4 is 16.0 Å². The molecule has 49 heavy (non-hydrogen) atoms. The predicted molar refractivity (Wildman–Crippen MR) is 209 cm³/mol. The first-order valence-electron chi connectivity index (χ1n) is 19.7. The summed E-state index contributed by atoms with van der Waals surface area (Å²) in [7, 11) is 3.35. The van der Waals surface area contributed by atoms with E-state index in [1.54, 1.807) is 6.92 Å². The molecule has 3 amide bonds. The summed E-state index contributed by atoms with van der Waals surface area (Å²) in [5, 5.41) is 8.29. The number of carbonyl (C=O) groups is 5. The molecule has 9 heteroatoms. The standard InChI is InChI=1S/C16H28N2O2.C8H15NO2.C6H13NO.C6H14.2C2H6/c1-12(19)14-10-7-11-18(14)16(20)15(17-2)13-8-5-3-4-6-9-13;1-4-6(2)5-7(10)8(11)9-3;1-4-5(2)7-6(3)8;1-4-6(3)5-2;2*1-2/h13-15,17H,3-11H2,1-2H3;6H,4-5H2,1-3H3,(H,9,11);5H,4H2,1-3H3,(H,7,8);6H,4-5H2,1-3H3;2*1-2H3. The van der Waals surface area contributed by atoms with E-state index in [0.29, 0.717) is 24.3 Å². The molecule has 2 fully saturated rings. The largest absolute Gasteiger partial charge is 0.354 e. The Hall–Kier alpha value is -2.29. The number of hydrogen-bond donors (Lipinski definition) is 3. The Morgan fingerprint density at radius 3 is 1.51 bits per heavy atom. The smallest absolute Gasteiger partial charge is 0.287 e. The summed E-state index contributed by atoms with van der Waals surface area (Å²) >= 11 is 0. The third-order valence-corrected chi connectivity index (χ3v) is 9.12. The van der Waals surface area contributed by atoms with Crippen LogP contribution in [0, 0.1) is 17.8 Å². The average molecular weight is 699 g/mol. The molecule has 0 aromatic heterocycles. The van der Waals surface area contributed by atoms with Crippen LogP contribution in [-0.2, 0) is 24.0 Å². The van der Waals surface area contributed by atoms with Gasteiger partial charge < -0.3 is 20.9 Å². The first-order chi connectivity index (χ1) is 23.2. The third kappa shape index (κ3) is 27.2. The van der Waals surface area contributed by atoms with Gasteiger partial charge in [0.1, 0.15) is 0 Å². The van der Waals surface area contributed by atoms with Crippen LogP contribution in [0.2, 0.25) is 0 Å². The maximum atomic E-state index is 12.8. The fraction of sp³-hybridized carbons (Fsp3) is 0.875. The molecule has 0 spiro atoms. The van der Waals surface area contributed by atoms with Crippen molar-refractivity contribution in [1.29, 1.82) is 0 Å². The lowest BCUT2D eigenvalue weighted by Gasteiger charge is -2.31. The lowest BCUT2D eigenvalue weighted by atomic mass is 9.90. The highest BCUT2D eigenvalue weighted by Gasteiger charge is 2.37. The van der Waals surface area contributed by atoms with Crippen LogP contribution in [0.3, 0.4) is 0 Å². The number of rotatable bonds is 12. The van der Waals surface area contributed by atoms with Crippen molar-refractivity contribution in [3.8, 4) is 0 Å². The molecule has 4 atom stereocenters. The average Bonchev–Trinajstić information content (AvgIpc) is 3.47. The molecule has 3 N–H and O–H groups in total. The Kier molecular flexibility index (Phi) is 38.8. The van der Waals surface area contributed by atoms with E-state index in [9.17, 15) is 24.0 Å². The van der Waals surface area contributed by atoms with E-state index in [1.807, 2.05) is 67.3 Å². The molecule has 2 rings (SSSR count). The Morgan fingerprint density at radius 1 is 0.694 bits per heavy atom. The number of likely N-dealkylation sites (N-methyl/N-ethyl adjacent to an activating group) is 2. The topological polar surface area (TPSA) is 125 Å². The molecule has 0 bridgehead atoms. The van der Waals surface area contributed by atoms with Gasteiger partial charge in [-0.3, -0.25) is 24.0 Å². The van der Waals surface area contributed by atoms with Gasteiger partial charge in [0, 0.05) is 33.0 Å². The van der Waals surface area contributed by atoms with E-state index in [1.165, 1.54) is 52.5 Å². The van der Waals surface area contributed by atoms with Gasteiger partial charge in [-0.05, 0) is 70.8 Å². The van der Waals surface area contributed by atoms with Gasteiger partial charge in [0.25, 0.3) is 5.91 Å². The van der Waals surface area contributed by atoms with Crippen molar-refractivity contribution in [3.63, 3.8) is 0 Å². The van der Waals surface area contributed by atoms with Crippen molar-refractivity contribution in [1.82, 2.24) is 20.9 Å². The monoisotopic (exact) mass is 699 g/mol. The number of hydrogen-bond acceptors (Lipinski definition) is 6. The molecule has 0 aromatic carbocycles. The number of Topliss-reactive ketones (excluding diaryl/α,β-unsaturated/α-hetero) is 2. The number of nitrogens with zero attached hydrogens (tertiary/aromatic N) is 1. The van der Waals surface area contributed by atoms with Crippen molar-refractivity contribution < 1.29 is 24.0 Å². The lowest BCUT2D eigenvalue weighted by molar-refractivity contribution is -0.139. The molecular formula is C40H82N4O5. The summed E-state index contributed by atoms with van der Waals surface area (Å²) in [5.41, 5.74) is 0. The molecule has 1 saturated heterocycles. The van der Waals surface area contributed by atoms with Gasteiger partial charge in [0.2, 0.25) is 17.6 Å². The van der Waals surface area contributed by atoms with Crippen LogP contribution in [0.1, 0.15) is 173 Å². The fourth-order valence-electron chi connectivity index (χ4n) is 5.27. The van der Waals surface area contributed by atoms with Crippen LogP contribution in [0.5, 0.6) is 0 Å². The zero-order valence-electron chi connectivity index (χ0n) is 34.9. The van der Waals surface area contributed by atoms with Gasteiger partial charge in [-0.2, -0.15) is 0 Å². The SMILES string of the molecule is CC.CC.CCC(C)CC.CCC(C)CC(=O)C(=O)NC.CCC(C)NC(C)=O.CNC(C(=O)N1CCCC1C(C)=O)C1CCCCCC1. The minimum atomic E-state index is -0.481. The second-order valence-electron chi connectivity index (χ2n) is 13.0. The van der Waals surface area contributed by atoms with Gasteiger partial charge >= 0.3 is 0 Å². The number of carbonyl (C=O) groups excluding carboxylic acids is 5. The minimum Gasteiger partial charge on any atom is -0.354 e. The van der Waals surface area contributed by atoms with E-state index < -0.39 is 5.91 Å². The summed E-state index contributed by atoms with van der Waals surface area (Å²) in [4.78, 5) is 58.3. The number of ketones is 2. The first-order valence-corrected chi connectivity index (χ1v) is 19.7. The first kappa shape index (κ1) is 53.5. The quantitative estimate of drug-likeness (QED) is 0.139. The second kappa shape index (κ2) is 35.5. The lowest BCUT2D eigenvalue weighted by Crippen LogP contribution is -2.52. The predicted octanol–water partition coefficient (Wildman–Crippen LogP) is 8.28. The summed E-state index contributed by atoms with van der Waals surface area (Å²) in [6.07, 6.45) is 14.1. The zero-order chi connectivity index (χ0) is 38.9. The van der Waals surface area contributed by atoms with Gasteiger partial charge in [-0.15, -0.1) is 0 Å². The van der Waals surface area contributed by atoms with Crippen LogP contribution >= 0.6 is 0 Å². The molecule has 0 radical (unpaired) electrons. The molecule has 2 aliphatic rings. The molecule has 4 unspecified atom stereocenters. The summed E-state index contributed by atoms with van der Waals surface area (Å²) in [6, 6.07) is 0.0460. The van der Waals surface area contributed by atoms with Gasteiger partial charge in [-0.1, -0.05) is 114 Å². The van der Waals surface area contributed by atoms with Crippen LogP contribution in [0.15, 0.2) is 0 Å². The van der Waals surface area contributed by atoms with Gasteiger partial charge in [0.05, 0.1) is 12.1 Å². The number of amides is 3. The zero-order valence-corrected chi connectivity index (χ0v) is 34.9. The van der Waals surface area contributed by atoms with Crippen LogP contribution in [-0.4, -0.2) is 73.0 Å². The van der Waals surface area contributed by atoms with Gasteiger partial charge in [-0.25, -0.2) is 0 Å². The Bertz CT molecular complexity index is 839. The highest BCUT2D eigenvalue weighted by molar-refractivity contribution is 6.36. The molecule has 1 aliphatic heterocycles. The van der Waals surface area contributed by atoms with E-state index in [4.69, 9.17) is 0 Å². The summed E-state index contributed by atoms with van der Waals surface area (Å²) in [6.45, 7) is 26.6. The van der Waals surface area contributed by atoms with Gasteiger partial charge in [0.15, 0.2) is 5.78 Å². The Morgan fingerprint density at radius 2 is 1.18 bits per heavy atom. The van der Waals surface area contributed by atoms with Crippen molar-refractivity contribution in [2.75, 3.05) is 20.6 Å². The van der Waals surface area contributed by atoms with Crippen LogP contribution in [0.4, 0.5) is 0 Å². The van der Waals surface area contributed by atoms with Crippen molar-refractivity contribution in [2.24, 2.45) is 17.8 Å². The molecular weight excluding hydrogens is 616 g/mol. The molecule has 1 aliphatic carbocycles. The molecule has 1 heterocycles. The summed E-state index contributed by atoms with van der Waals surface area (Å²) in [5.74, 6) is 1.21. The molecule has 0 aromatic rings. The van der Waals surface area contributed by atoms with E-state index in [0.717, 1.165) is 51.0 Å². The van der Waals surface area contributed by atoms with Crippen molar-refractivity contribution >= 4 is 29.3 Å². The van der Waals surface area contributed by atoms with E-state index in [-0.39, 0.29) is 35.5 Å². The molecule has 292 valence electrons. The number of likely N-dealkylation sites (tertiary alicyclic amines) is 1. The van der Waals surface area contributed by atoms with Crippen molar-refractivity contribution in [3.05, 3.63) is 0 Å². The summed E-state index contributed by atoms with van der Waals surface area (Å²) < 4.78 is 0. The Labute approximate surface area is 303 Å². The maximum absolute atomic E-state index is 12.8. The maximum Gasteiger partial charge on any atom is 0.287 e. The highest BCUT2D eigenvalue weighted by Crippen LogP contribution is 2.28. The van der Waals surface area contributed by atoms with Crippen LogP contribution in [0.25, 0.3) is 0 Å². The fourth-order valence-corrected chi connectivity index (χ4v) is 5.27. The molecule has 1 saturated carbocycles. The van der Waals surface area contributed by atoms with E-state index in [2.05, 4.69) is 36.7 Å².